The first-order chi connectivity index (χ1) is 11.9. The molecule has 0 aliphatic carbocycles. The topological polar surface area (TPSA) is 96.3 Å². The minimum Gasteiger partial charge on any atom is -0.461 e. The fraction of sp³-hybridized carbons (Fsp3) is 0.312. The van der Waals surface area contributed by atoms with E-state index in [2.05, 4.69) is 5.10 Å². The molecule has 1 aromatic rings. The number of halogens is 1. The van der Waals surface area contributed by atoms with Crippen LogP contribution in [-0.2, 0) is 23.9 Å². The number of carbonyl (C=O) groups excluding carboxylic acids is 4. The number of hydrazone groups is 1. The molecule has 8 nitrogen and oxygen atoms in total. The number of anilines is 1. The molecule has 3 amide bonds. The largest absolute Gasteiger partial charge is 0.461 e. The Hall–Kier alpha value is -2.74. The number of carbonyl (C=O) groups is 4. The lowest BCUT2D eigenvalue weighted by molar-refractivity contribution is -0.136. The van der Waals surface area contributed by atoms with Gasteiger partial charge in [-0.3, -0.25) is 14.4 Å². The molecule has 9 heteroatoms. The Morgan fingerprint density at radius 3 is 2.40 bits per heavy atom. The second kappa shape index (κ2) is 6.29. The zero-order valence-corrected chi connectivity index (χ0v) is 14.2. The van der Waals surface area contributed by atoms with Crippen LogP contribution < -0.4 is 4.90 Å². The molecular formula is C16H14ClN3O5. The van der Waals surface area contributed by atoms with Crippen LogP contribution in [0.15, 0.2) is 29.4 Å². The number of imide groups is 1. The molecule has 0 radical (unpaired) electrons. The minimum atomic E-state index is -1.18. The van der Waals surface area contributed by atoms with Crippen LogP contribution in [0, 0.1) is 5.92 Å². The number of benzene rings is 1. The van der Waals surface area contributed by atoms with Crippen LogP contribution in [0.1, 0.15) is 13.8 Å². The number of ether oxygens (including phenoxy) is 1. The van der Waals surface area contributed by atoms with E-state index in [1.807, 2.05) is 0 Å². The van der Waals surface area contributed by atoms with Crippen LogP contribution in [0.25, 0.3) is 0 Å². The zero-order valence-electron chi connectivity index (χ0n) is 13.4. The van der Waals surface area contributed by atoms with Gasteiger partial charge in [-0.1, -0.05) is 11.6 Å². The van der Waals surface area contributed by atoms with Gasteiger partial charge in [-0.25, -0.2) is 14.7 Å². The van der Waals surface area contributed by atoms with Gasteiger partial charge in [0.25, 0.3) is 5.91 Å². The molecule has 0 unspecified atom stereocenters. The quantitative estimate of drug-likeness (QED) is 0.589. The lowest BCUT2D eigenvalue weighted by atomic mass is 9.98. The number of esters is 1. The maximum Gasteiger partial charge on any atom is 0.355 e. The second-order valence-electron chi connectivity index (χ2n) is 5.48. The molecule has 2 heterocycles. The van der Waals surface area contributed by atoms with Gasteiger partial charge in [-0.2, -0.15) is 5.10 Å². The normalized spacial score (nSPS) is 22.1. The van der Waals surface area contributed by atoms with E-state index in [0.29, 0.717) is 10.7 Å². The summed E-state index contributed by atoms with van der Waals surface area (Å²) in [6.45, 7) is 2.89. The average molecular weight is 364 g/mol. The molecule has 2 aliphatic rings. The second-order valence-corrected chi connectivity index (χ2v) is 5.92. The molecule has 2 atom stereocenters. The lowest BCUT2D eigenvalue weighted by Crippen LogP contribution is -2.41. The standard InChI is InChI=1S/C16H14ClN3O5/c1-3-25-16(24)12-11-13(20(18-12)8(2)21)15(23)19(14(11)22)10-6-4-9(17)5-7-10/h4-7,11,13H,3H2,1-2H3/t11-,13-/m0/s1. The highest BCUT2D eigenvalue weighted by Gasteiger charge is 2.59. The average Bonchev–Trinajstić information content (AvgIpc) is 3.07. The van der Waals surface area contributed by atoms with Crippen molar-refractivity contribution in [3.05, 3.63) is 29.3 Å². The molecule has 2 aliphatic heterocycles. The predicted molar refractivity (Wildman–Crippen MR) is 87.8 cm³/mol. The number of rotatable bonds is 3. The molecular weight excluding hydrogens is 350 g/mol. The lowest BCUT2D eigenvalue weighted by Gasteiger charge is -2.19. The Morgan fingerprint density at radius 1 is 1.20 bits per heavy atom. The van der Waals surface area contributed by atoms with E-state index < -0.39 is 35.7 Å². The van der Waals surface area contributed by atoms with Crippen molar-refractivity contribution in [3.63, 3.8) is 0 Å². The summed E-state index contributed by atoms with van der Waals surface area (Å²) in [6, 6.07) is 4.92. The summed E-state index contributed by atoms with van der Waals surface area (Å²) in [5, 5.41) is 5.18. The Bertz CT molecular complexity index is 804. The third kappa shape index (κ3) is 2.68. The van der Waals surface area contributed by atoms with Crippen molar-refractivity contribution in [2.45, 2.75) is 19.9 Å². The summed E-state index contributed by atoms with van der Waals surface area (Å²) in [6.07, 6.45) is 0. The van der Waals surface area contributed by atoms with Gasteiger partial charge in [-0.05, 0) is 31.2 Å². The molecule has 0 aromatic heterocycles. The molecule has 1 aromatic carbocycles. The van der Waals surface area contributed by atoms with Gasteiger partial charge in [0.05, 0.1) is 12.3 Å². The van der Waals surface area contributed by atoms with Crippen molar-refractivity contribution in [1.82, 2.24) is 5.01 Å². The number of fused-ring (bicyclic) bond motifs is 1. The van der Waals surface area contributed by atoms with E-state index in [1.165, 1.54) is 31.2 Å². The van der Waals surface area contributed by atoms with Gasteiger partial charge in [0.15, 0.2) is 11.8 Å². The van der Waals surface area contributed by atoms with Crippen LogP contribution in [0.5, 0.6) is 0 Å². The van der Waals surface area contributed by atoms with Crippen LogP contribution >= 0.6 is 11.6 Å². The predicted octanol–water partition coefficient (Wildman–Crippen LogP) is 0.979. The summed E-state index contributed by atoms with van der Waals surface area (Å²) >= 11 is 5.83. The van der Waals surface area contributed by atoms with E-state index in [4.69, 9.17) is 16.3 Å². The number of amides is 3. The SMILES string of the molecule is CCOC(=O)C1=NN(C(C)=O)[C@@H]2C(=O)N(c3ccc(Cl)cc3)C(=O)[C@@H]12. The molecule has 0 N–H and O–H groups in total. The summed E-state index contributed by atoms with van der Waals surface area (Å²) in [4.78, 5) is 50.5. The molecule has 3 rings (SSSR count). The van der Waals surface area contributed by atoms with E-state index in [0.717, 1.165) is 9.91 Å². The van der Waals surface area contributed by atoms with Gasteiger partial charge in [0.1, 0.15) is 5.92 Å². The summed E-state index contributed by atoms with van der Waals surface area (Å²) in [7, 11) is 0. The maximum absolute atomic E-state index is 12.8. The van der Waals surface area contributed by atoms with Gasteiger partial charge in [0.2, 0.25) is 11.8 Å². The van der Waals surface area contributed by atoms with Gasteiger partial charge in [-0.15, -0.1) is 0 Å². The highest BCUT2D eigenvalue weighted by atomic mass is 35.5. The fourth-order valence-corrected chi connectivity index (χ4v) is 3.02. The first kappa shape index (κ1) is 17.1. The zero-order chi connectivity index (χ0) is 18.3. The van der Waals surface area contributed by atoms with Crippen molar-refractivity contribution in [2.24, 2.45) is 11.0 Å². The van der Waals surface area contributed by atoms with Crippen LogP contribution in [-0.4, -0.2) is 47.1 Å². The van der Waals surface area contributed by atoms with Crippen LogP contribution in [0.3, 0.4) is 0 Å². The molecule has 0 saturated carbocycles. The molecule has 1 fully saturated rings. The fourth-order valence-electron chi connectivity index (χ4n) is 2.89. The third-order valence-electron chi connectivity index (χ3n) is 3.94. The molecule has 130 valence electrons. The van der Waals surface area contributed by atoms with Crippen molar-refractivity contribution in [3.8, 4) is 0 Å². The molecule has 1 saturated heterocycles. The van der Waals surface area contributed by atoms with Crippen LogP contribution in [0.2, 0.25) is 5.02 Å². The number of hydrogen-bond acceptors (Lipinski definition) is 6. The monoisotopic (exact) mass is 363 g/mol. The Morgan fingerprint density at radius 2 is 1.84 bits per heavy atom. The van der Waals surface area contributed by atoms with Crippen molar-refractivity contribution in [2.75, 3.05) is 11.5 Å². The molecule has 25 heavy (non-hydrogen) atoms. The Kier molecular flexibility index (Phi) is 4.30. The van der Waals surface area contributed by atoms with Gasteiger partial charge in [0, 0.05) is 11.9 Å². The third-order valence-corrected chi connectivity index (χ3v) is 4.19. The smallest absolute Gasteiger partial charge is 0.355 e. The summed E-state index contributed by atoms with van der Waals surface area (Å²) < 4.78 is 4.90. The van der Waals surface area contributed by atoms with E-state index in [9.17, 15) is 19.2 Å². The van der Waals surface area contributed by atoms with Crippen molar-refractivity contribution < 1.29 is 23.9 Å². The van der Waals surface area contributed by atoms with Crippen molar-refractivity contribution in [1.29, 1.82) is 0 Å². The van der Waals surface area contributed by atoms with Gasteiger partial charge < -0.3 is 4.74 Å². The van der Waals surface area contributed by atoms with E-state index in [-0.39, 0.29) is 12.3 Å². The molecule has 0 bridgehead atoms. The molecule has 0 spiro atoms. The number of nitrogens with zero attached hydrogens (tertiary/aromatic N) is 3. The highest BCUT2D eigenvalue weighted by molar-refractivity contribution is 6.47. The maximum atomic E-state index is 12.8. The highest BCUT2D eigenvalue weighted by Crippen LogP contribution is 2.35. The summed E-state index contributed by atoms with van der Waals surface area (Å²) in [5.41, 5.74) is 0.0670. The van der Waals surface area contributed by atoms with Crippen LogP contribution in [0.4, 0.5) is 5.69 Å². The van der Waals surface area contributed by atoms with E-state index >= 15 is 0 Å². The number of hydrogen-bond donors (Lipinski definition) is 0. The minimum absolute atomic E-state index is 0.0817. The Labute approximate surface area is 148 Å². The van der Waals surface area contributed by atoms with E-state index in [1.54, 1.807) is 6.92 Å². The first-order valence-corrected chi connectivity index (χ1v) is 7.93. The summed E-state index contributed by atoms with van der Waals surface area (Å²) in [5.74, 6) is -3.80. The first-order valence-electron chi connectivity index (χ1n) is 7.55. The Balaban J connectivity index is 2.03. The van der Waals surface area contributed by atoms with Crippen molar-refractivity contribution >= 4 is 46.7 Å². The van der Waals surface area contributed by atoms with Gasteiger partial charge >= 0.3 is 5.97 Å².